The van der Waals surface area contributed by atoms with Gasteiger partial charge >= 0.3 is 5.97 Å². The minimum absolute atomic E-state index is 0.242. The summed E-state index contributed by atoms with van der Waals surface area (Å²) in [5.41, 5.74) is 11.4. The van der Waals surface area contributed by atoms with Crippen LogP contribution in [-0.2, 0) is 16.1 Å². The predicted octanol–water partition coefficient (Wildman–Crippen LogP) is 3.30. The Kier molecular flexibility index (Phi) is 5.60. The second-order valence-corrected chi connectivity index (χ2v) is 7.29. The molecular formula is C19H19Cl2N3O3. The molecule has 0 fully saturated rings. The molecule has 1 heterocycles. The monoisotopic (exact) mass is 407 g/mol. The highest BCUT2D eigenvalue weighted by molar-refractivity contribution is 6.35. The van der Waals surface area contributed by atoms with Crippen LogP contribution in [0.1, 0.15) is 36.0 Å². The number of benzene rings is 2. The third-order valence-electron chi connectivity index (χ3n) is 4.63. The first kappa shape index (κ1) is 19.5. The number of carboxylic acids is 1. The lowest BCUT2D eigenvalue weighted by Crippen LogP contribution is -2.54. The van der Waals surface area contributed by atoms with Gasteiger partial charge in [-0.15, -0.1) is 0 Å². The van der Waals surface area contributed by atoms with E-state index in [1.807, 2.05) is 24.3 Å². The Morgan fingerprint density at radius 1 is 1.26 bits per heavy atom. The smallest absolute Gasteiger partial charge is 0.328 e. The number of nitrogens with zero attached hydrogens (tertiary/aromatic N) is 1. The number of hydrazine groups is 1. The van der Waals surface area contributed by atoms with E-state index in [0.29, 0.717) is 22.3 Å². The van der Waals surface area contributed by atoms with Gasteiger partial charge in [0.05, 0.1) is 5.69 Å². The number of hydrogen-bond donors (Lipinski definition) is 3. The van der Waals surface area contributed by atoms with E-state index in [1.54, 1.807) is 12.1 Å². The van der Waals surface area contributed by atoms with Crippen LogP contribution in [0.3, 0.4) is 0 Å². The molecule has 0 aromatic heterocycles. The third-order valence-corrected chi connectivity index (χ3v) is 5.16. The summed E-state index contributed by atoms with van der Waals surface area (Å²) in [4.78, 5) is 23.6. The summed E-state index contributed by atoms with van der Waals surface area (Å²) < 4.78 is 0. The Morgan fingerprint density at radius 2 is 1.93 bits per heavy atom. The topological polar surface area (TPSA) is 95.7 Å². The van der Waals surface area contributed by atoms with Gasteiger partial charge < -0.3 is 10.8 Å². The maximum atomic E-state index is 11.9. The molecule has 0 saturated heterocycles. The summed E-state index contributed by atoms with van der Waals surface area (Å²) in [6.45, 7) is 1.74. The molecule has 142 valence electrons. The van der Waals surface area contributed by atoms with Crippen LogP contribution in [0, 0.1) is 0 Å². The second-order valence-electron chi connectivity index (χ2n) is 6.45. The van der Waals surface area contributed by atoms with Crippen molar-refractivity contribution in [2.45, 2.75) is 31.8 Å². The SMILES string of the molecule is CC(=O)NN1c2cc(Cl)cc(Cl)c2[C@H](c2ccc(CN)cc2)C[C@H]1C(=O)O. The van der Waals surface area contributed by atoms with Gasteiger partial charge in [-0.3, -0.25) is 15.2 Å². The van der Waals surface area contributed by atoms with Crippen LogP contribution in [0.2, 0.25) is 10.0 Å². The molecule has 4 N–H and O–H groups in total. The average molecular weight is 408 g/mol. The number of rotatable bonds is 4. The number of amides is 1. The Bertz CT molecular complexity index is 887. The van der Waals surface area contributed by atoms with Gasteiger partial charge in [0.25, 0.3) is 0 Å². The highest BCUT2D eigenvalue weighted by Gasteiger charge is 2.39. The molecule has 2 aromatic carbocycles. The predicted molar refractivity (Wildman–Crippen MR) is 105 cm³/mol. The molecule has 8 heteroatoms. The normalized spacial score (nSPS) is 18.7. The Balaban J connectivity index is 2.17. The van der Waals surface area contributed by atoms with Crippen molar-refractivity contribution in [1.29, 1.82) is 0 Å². The minimum atomic E-state index is -1.05. The lowest BCUT2D eigenvalue weighted by molar-refractivity contribution is -0.139. The van der Waals surface area contributed by atoms with Crippen molar-refractivity contribution in [1.82, 2.24) is 5.43 Å². The maximum absolute atomic E-state index is 11.9. The molecule has 0 spiro atoms. The van der Waals surface area contributed by atoms with Crippen molar-refractivity contribution in [3.05, 3.63) is 63.1 Å². The third kappa shape index (κ3) is 3.88. The van der Waals surface area contributed by atoms with E-state index in [4.69, 9.17) is 28.9 Å². The van der Waals surface area contributed by atoms with Crippen molar-refractivity contribution >= 4 is 40.8 Å². The first-order chi connectivity index (χ1) is 12.8. The van der Waals surface area contributed by atoms with Gasteiger partial charge in [0.1, 0.15) is 6.04 Å². The van der Waals surface area contributed by atoms with E-state index in [9.17, 15) is 14.7 Å². The second kappa shape index (κ2) is 7.76. The van der Waals surface area contributed by atoms with Crippen molar-refractivity contribution < 1.29 is 14.7 Å². The number of fused-ring (bicyclic) bond motifs is 1. The van der Waals surface area contributed by atoms with Crippen molar-refractivity contribution in [2.24, 2.45) is 5.73 Å². The number of nitrogens with one attached hydrogen (secondary N) is 1. The van der Waals surface area contributed by atoms with E-state index in [2.05, 4.69) is 5.43 Å². The minimum Gasteiger partial charge on any atom is -0.480 e. The van der Waals surface area contributed by atoms with Crippen LogP contribution in [0.25, 0.3) is 0 Å². The van der Waals surface area contributed by atoms with E-state index in [1.165, 1.54) is 11.9 Å². The quantitative estimate of drug-likeness (QED) is 0.722. The van der Waals surface area contributed by atoms with Crippen LogP contribution in [0.4, 0.5) is 5.69 Å². The molecule has 3 rings (SSSR count). The first-order valence-corrected chi connectivity index (χ1v) is 9.14. The van der Waals surface area contributed by atoms with Gasteiger partial charge in [0, 0.05) is 35.0 Å². The largest absolute Gasteiger partial charge is 0.480 e. The zero-order valence-corrected chi connectivity index (χ0v) is 16.1. The van der Waals surface area contributed by atoms with E-state index in [-0.39, 0.29) is 18.2 Å². The summed E-state index contributed by atoms with van der Waals surface area (Å²) in [5.74, 6) is -1.69. The molecule has 0 unspecified atom stereocenters. The standard InChI is InChI=1S/C19H19Cl2N3O3/c1-10(25)23-24-16-7-13(20)6-15(21)18(16)14(8-17(24)19(26)27)12-4-2-11(9-22)3-5-12/h2-7,14,17H,8-9,22H2,1H3,(H,23,25)(H,26,27)/t14-,17-/m0/s1. The average Bonchev–Trinajstić information content (AvgIpc) is 2.61. The van der Waals surface area contributed by atoms with Gasteiger partial charge in [-0.1, -0.05) is 47.5 Å². The molecule has 2 aromatic rings. The fourth-order valence-electron chi connectivity index (χ4n) is 3.44. The highest BCUT2D eigenvalue weighted by Crippen LogP contribution is 2.46. The van der Waals surface area contributed by atoms with Crippen LogP contribution >= 0.6 is 23.2 Å². The fourth-order valence-corrected chi connectivity index (χ4v) is 4.05. The van der Waals surface area contributed by atoms with Gasteiger partial charge in [0.2, 0.25) is 5.91 Å². The molecule has 2 atom stereocenters. The molecular weight excluding hydrogens is 389 g/mol. The van der Waals surface area contributed by atoms with Gasteiger partial charge in [0.15, 0.2) is 0 Å². The van der Waals surface area contributed by atoms with Crippen molar-refractivity contribution in [2.75, 3.05) is 5.01 Å². The van der Waals surface area contributed by atoms with Gasteiger partial charge in [-0.2, -0.15) is 0 Å². The fraction of sp³-hybridized carbons (Fsp3) is 0.263. The Hall–Kier alpha value is -2.28. The van der Waals surface area contributed by atoms with Crippen LogP contribution in [0.5, 0.6) is 0 Å². The van der Waals surface area contributed by atoms with Crippen LogP contribution in [0.15, 0.2) is 36.4 Å². The summed E-state index contributed by atoms with van der Waals surface area (Å²) in [6, 6.07) is 9.95. The highest BCUT2D eigenvalue weighted by atomic mass is 35.5. The van der Waals surface area contributed by atoms with Crippen LogP contribution < -0.4 is 16.2 Å². The Morgan fingerprint density at radius 3 is 2.48 bits per heavy atom. The molecule has 6 nitrogen and oxygen atoms in total. The van der Waals surface area contributed by atoms with Crippen molar-refractivity contribution in [3.8, 4) is 0 Å². The summed E-state index contributed by atoms with van der Waals surface area (Å²) in [7, 11) is 0. The summed E-state index contributed by atoms with van der Waals surface area (Å²) >= 11 is 12.6. The number of anilines is 1. The van der Waals surface area contributed by atoms with Crippen molar-refractivity contribution in [3.63, 3.8) is 0 Å². The number of hydrogen-bond acceptors (Lipinski definition) is 4. The van der Waals surface area contributed by atoms with E-state index >= 15 is 0 Å². The number of aliphatic carboxylic acids is 1. The Labute approximate surface area is 166 Å². The zero-order chi connectivity index (χ0) is 19.7. The molecule has 1 aliphatic heterocycles. The zero-order valence-electron chi connectivity index (χ0n) is 14.6. The summed E-state index contributed by atoms with van der Waals surface area (Å²) in [6.07, 6.45) is 0.242. The van der Waals surface area contributed by atoms with Crippen LogP contribution in [-0.4, -0.2) is 23.0 Å². The number of carbonyl (C=O) groups is 2. The molecule has 0 aliphatic carbocycles. The maximum Gasteiger partial charge on any atom is 0.328 e. The number of carbonyl (C=O) groups excluding carboxylic acids is 1. The summed E-state index contributed by atoms with van der Waals surface area (Å²) in [5, 5.41) is 11.9. The molecule has 0 radical (unpaired) electrons. The molecule has 27 heavy (non-hydrogen) atoms. The number of halogens is 2. The lowest BCUT2D eigenvalue weighted by Gasteiger charge is -2.40. The molecule has 1 amide bonds. The first-order valence-electron chi connectivity index (χ1n) is 8.39. The molecule has 1 aliphatic rings. The number of carboxylic acid groups (broad SMARTS) is 1. The molecule has 0 bridgehead atoms. The molecule has 0 saturated carbocycles. The number of nitrogens with two attached hydrogens (primary N) is 1. The van der Waals surface area contributed by atoms with Gasteiger partial charge in [-0.25, -0.2) is 4.79 Å². The van der Waals surface area contributed by atoms with E-state index in [0.717, 1.165) is 16.7 Å². The lowest BCUT2D eigenvalue weighted by atomic mass is 9.81. The van der Waals surface area contributed by atoms with E-state index < -0.39 is 12.0 Å². The van der Waals surface area contributed by atoms with Gasteiger partial charge in [-0.05, 0) is 29.7 Å².